The molecule has 1 aliphatic heterocycles. The molecule has 0 aromatic carbocycles. The van der Waals surface area contributed by atoms with E-state index in [0.717, 1.165) is 37.0 Å². The average molecular weight is 248 g/mol. The quantitative estimate of drug-likeness (QED) is 0.889. The van der Waals surface area contributed by atoms with Crippen LogP contribution < -0.4 is 5.32 Å². The zero-order valence-corrected chi connectivity index (χ0v) is 12.0. The molecule has 0 spiro atoms. The van der Waals surface area contributed by atoms with Crippen molar-refractivity contribution in [2.75, 3.05) is 18.4 Å². The van der Waals surface area contributed by atoms with E-state index in [4.69, 9.17) is 0 Å². The fraction of sp³-hybridized carbons (Fsp3) is 0.714. The fourth-order valence-electron chi connectivity index (χ4n) is 2.60. The molecule has 2 rings (SSSR count). The van der Waals surface area contributed by atoms with Gasteiger partial charge in [0.05, 0.1) is 6.54 Å². The van der Waals surface area contributed by atoms with E-state index < -0.39 is 0 Å². The van der Waals surface area contributed by atoms with Crippen LogP contribution in [0, 0.1) is 6.92 Å². The van der Waals surface area contributed by atoms with Crippen molar-refractivity contribution in [2.45, 2.75) is 52.6 Å². The molecular formula is C14H24N4. The van der Waals surface area contributed by atoms with Crippen molar-refractivity contribution >= 4 is 5.82 Å². The Morgan fingerprint density at radius 1 is 1.39 bits per heavy atom. The highest BCUT2D eigenvalue weighted by atomic mass is 15.2. The SMILES string of the molecule is CCNc1cc(C)nc(CN2CCCC2(C)C)n1. The minimum atomic E-state index is 0.283. The molecule has 1 aromatic rings. The molecule has 1 fully saturated rings. The second-order valence-corrected chi connectivity index (χ2v) is 5.68. The minimum Gasteiger partial charge on any atom is -0.370 e. The van der Waals surface area contributed by atoms with Gasteiger partial charge in [0.25, 0.3) is 0 Å². The first-order valence-electron chi connectivity index (χ1n) is 6.85. The monoisotopic (exact) mass is 248 g/mol. The highest BCUT2D eigenvalue weighted by molar-refractivity contribution is 5.35. The number of nitrogens with one attached hydrogen (secondary N) is 1. The Labute approximate surface area is 110 Å². The van der Waals surface area contributed by atoms with Gasteiger partial charge < -0.3 is 5.32 Å². The van der Waals surface area contributed by atoms with E-state index in [1.807, 2.05) is 13.0 Å². The summed E-state index contributed by atoms with van der Waals surface area (Å²) in [6.07, 6.45) is 2.54. The van der Waals surface area contributed by atoms with Gasteiger partial charge in [0.2, 0.25) is 0 Å². The third-order valence-corrected chi connectivity index (χ3v) is 3.66. The molecular weight excluding hydrogens is 224 g/mol. The van der Waals surface area contributed by atoms with Crippen LogP contribution in [0.2, 0.25) is 0 Å². The van der Waals surface area contributed by atoms with Gasteiger partial charge in [0.1, 0.15) is 11.6 Å². The molecule has 0 radical (unpaired) electrons. The Kier molecular flexibility index (Phi) is 3.85. The summed E-state index contributed by atoms with van der Waals surface area (Å²) in [6, 6.07) is 2.00. The minimum absolute atomic E-state index is 0.283. The normalized spacial score (nSPS) is 19.1. The van der Waals surface area contributed by atoms with Gasteiger partial charge in [-0.25, -0.2) is 9.97 Å². The molecule has 0 unspecified atom stereocenters. The first-order chi connectivity index (χ1) is 8.51. The van der Waals surface area contributed by atoms with Gasteiger partial charge in [-0.1, -0.05) is 0 Å². The van der Waals surface area contributed by atoms with Crippen molar-refractivity contribution in [3.63, 3.8) is 0 Å². The predicted molar refractivity (Wildman–Crippen MR) is 74.7 cm³/mol. The lowest BCUT2D eigenvalue weighted by atomic mass is 10.0. The number of rotatable bonds is 4. The topological polar surface area (TPSA) is 41.1 Å². The van der Waals surface area contributed by atoms with Crippen LogP contribution in [0.1, 0.15) is 45.1 Å². The van der Waals surface area contributed by atoms with Crippen LogP contribution in [0.3, 0.4) is 0 Å². The van der Waals surface area contributed by atoms with Crippen molar-refractivity contribution in [1.29, 1.82) is 0 Å². The summed E-state index contributed by atoms with van der Waals surface area (Å²) >= 11 is 0. The van der Waals surface area contributed by atoms with Crippen LogP contribution in [0.15, 0.2) is 6.07 Å². The van der Waals surface area contributed by atoms with Crippen LogP contribution in [-0.2, 0) is 6.54 Å². The number of hydrogen-bond donors (Lipinski definition) is 1. The molecule has 0 saturated carbocycles. The maximum atomic E-state index is 4.59. The number of anilines is 1. The summed E-state index contributed by atoms with van der Waals surface area (Å²) in [7, 11) is 0. The number of aromatic nitrogens is 2. The van der Waals surface area contributed by atoms with E-state index in [0.29, 0.717) is 0 Å². The van der Waals surface area contributed by atoms with Crippen LogP contribution in [0.5, 0.6) is 0 Å². The maximum Gasteiger partial charge on any atom is 0.144 e. The van der Waals surface area contributed by atoms with Crippen molar-refractivity contribution in [2.24, 2.45) is 0 Å². The van der Waals surface area contributed by atoms with Crippen LogP contribution in [0.4, 0.5) is 5.82 Å². The lowest BCUT2D eigenvalue weighted by Crippen LogP contribution is -2.38. The van der Waals surface area contributed by atoms with Gasteiger partial charge >= 0.3 is 0 Å². The standard InChI is InChI=1S/C14H24N4/c1-5-15-12-9-11(2)16-13(17-12)10-18-8-6-7-14(18,3)4/h9H,5-8,10H2,1-4H3,(H,15,16,17). The molecule has 0 atom stereocenters. The molecule has 1 N–H and O–H groups in total. The van der Waals surface area contributed by atoms with E-state index >= 15 is 0 Å². The van der Waals surface area contributed by atoms with Crippen molar-refractivity contribution in [3.05, 3.63) is 17.6 Å². The highest BCUT2D eigenvalue weighted by Crippen LogP contribution is 2.29. The van der Waals surface area contributed by atoms with Crippen LogP contribution in [-0.4, -0.2) is 33.5 Å². The van der Waals surface area contributed by atoms with Crippen molar-refractivity contribution in [1.82, 2.24) is 14.9 Å². The molecule has 1 saturated heterocycles. The molecule has 4 heteroatoms. The van der Waals surface area contributed by atoms with E-state index in [2.05, 4.69) is 41.0 Å². The zero-order valence-electron chi connectivity index (χ0n) is 12.0. The third kappa shape index (κ3) is 2.99. The lowest BCUT2D eigenvalue weighted by molar-refractivity contribution is 0.162. The Hall–Kier alpha value is -1.16. The number of aryl methyl sites for hydroxylation is 1. The third-order valence-electron chi connectivity index (χ3n) is 3.66. The Bertz CT molecular complexity index is 414. The van der Waals surface area contributed by atoms with Gasteiger partial charge in [-0.2, -0.15) is 0 Å². The predicted octanol–water partition coefficient (Wildman–Crippen LogP) is 2.59. The first-order valence-corrected chi connectivity index (χ1v) is 6.85. The molecule has 1 aromatic heterocycles. The zero-order chi connectivity index (χ0) is 13.2. The lowest BCUT2D eigenvalue weighted by Gasteiger charge is -2.30. The summed E-state index contributed by atoms with van der Waals surface area (Å²) in [4.78, 5) is 11.6. The largest absolute Gasteiger partial charge is 0.370 e. The number of hydrogen-bond acceptors (Lipinski definition) is 4. The Morgan fingerprint density at radius 2 is 2.17 bits per heavy atom. The Morgan fingerprint density at radius 3 is 2.78 bits per heavy atom. The molecule has 0 amide bonds. The molecule has 0 bridgehead atoms. The molecule has 4 nitrogen and oxygen atoms in total. The van der Waals surface area contributed by atoms with E-state index in [9.17, 15) is 0 Å². The van der Waals surface area contributed by atoms with Crippen LogP contribution >= 0.6 is 0 Å². The summed E-state index contributed by atoms with van der Waals surface area (Å²) in [5.41, 5.74) is 1.32. The van der Waals surface area contributed by atoms with Gasteiger partial charge in [0.15, 0.2) is 0 Å². The molecule has 1 aliphatic rings. The van der Waals surface area contributed by atoms with Gasteiger partial charge in [-0.05, 0) is 47.1 Å². The van der Waals surface area contributed by atoms with Gasteiger partial charge in [0, 0.05) is 23.8 Å². The Balaban J connectivity index is 2.13. The van der Waals surface area contributed by atoms with E-state index in [1.54, 1.807) is 0 Å². The second-order valence-electron chi connectivity index (χ2n) is 5.68. The summed E-state index contributed by atoms with van der Waals surface area (Å²) in [5, 5.41) is 3.26. The average Bonchev–Trinajstić information content (AvgIpc) is 2.58. The van der Waals surface area contributed by atoms with E-state index in [-0.39, 0.29) is 5.54 Å². The van der Waals surface area contributed by atoms with Gasteiger partial charge in [-0.3, -0.25) is 4.90 Å². The fourth-order valence-corrected chi connectivity index (χ4v) is 2.60. The van der Waals surface area contributed by atoms with Crippen LogP contribution in [0.25, 0.3) is 0 Å². The summed E-state index contributed by atoms with van der Waals surface area (Å²) in [5.74, 6) is 1.87. The number of likely N-dealkylation sites (tertiary alicyclic amines) is 1. The number of nitrogens with zero attached hydrogens (tertiary/aromatic N) is 3. The van der Waals surface area contributed by atoms with Crippen molar-refractivity contribution in [3.8, 4) is 0 Å². The molecule has 18 heavy (non-hydrogen) atoms. The first kappa shape index (κ1) is 13.3. The second kappa shape index (κ2) is 5.22. The molecule has 2 heterocycles. The van der Waals surface area contributed by atoms with Gasteiger partial charge in [-0.15, -0.1) is 0 Å². The maximum absolute atomic E-state index is 4.59. The summed E-state index contributed by atoms with van der Waals surface area (Å²) in [6.45, 7) is 11.6. The molecule has 100 valence electrons. The smallest absolute Gasteiger partial charge is 0.144 e. The summed E-state index contributed by atoms with van der Waals surface area (Å²) < 4.78 is 0. The van der Waals surface area contributed by atoms with E-state index in [1.165, 1.54) is 12.8 Å². The van der Waals surface area contributed by atoms with Crippen molar-refractivity contribution < 1.29 is 0 Å². The molecule has 0 aliphatic carbocycles. The highest BCUT2D eigenvalue weighted by Gasteiger charge is 2.32.